The van der Waals surface area contributed by atoms with E-state index in [2.05, 4.69) is 15.1 Å². The second-order valence-corrected chi connectivity index (χ2v) is 6.60. The number of nitrogens with zero attached hydrogens (tertiary/aromatic N) is 2. The Kier molecular flexibility index (Phi) is 4.11. The average molecular weight is 269 g/mol. The summed E-state index contributed by atoms with van der Waals surface area (Å²) in [6, 6.07) is 0.820. The van der Waals surface area contributed by atoms with Gasteiger partial charge in [-0.05, 0) is 38.8 Å². The van der Waals surface area contributed by atoms with Gasteiger partial charge >= 0.3 is 0 Å². The zero-order chi connectivity index (χ0) is 12.4. The van der Waals surface area contributed by atoms with E-state index in [-0.39, 0.29) is 6.04 Å². The molecule has 0 bridgehead atoms. The first-order valence-corrected chi connectivity index (χ1v) is 8.34. The minimum atomic E-state index is 0.0818. The van der Waals surface area contributed by atoms with Crippen LogP contribution in [0.15, 0.2) is 0 Å². The Balaban J connectivity index is 1.48. The smallest absolute Gasteiger partial charge is 0.240 e. The van der Waals surface area contributed by atoms with E-state index >= 15 is 0 Å². The molecule has 0 aromatic carbocycles. The third kappa shape index (κ3) is 2.68. The summed E-state index contributed by atoms with van der Waals surface area (Å²) in [5.74, 6) is 2.21. The number of carbonyl (C=O) groups is 1. The molecule has 0 spiro atoms. The standard InChI is InChI=1S/C13H23N3OS/c17-13(12-9-18-10-14-12)16-7-3-11(4-8-16)15-5-1-2-6-15/h11-12,14H,1-10H2. The highest BCUT2D eigenvalue weighted by molar-refractivity contribution is 7.99. The van der Waals surface area contributed by atoms with E-state index in [0.717, 1.165) is 30.8 Å². The highest BCUT2D eigenvalue weighted by Crippen LogP contribution is 2.22. The fourth-order valence-corrected chi connectivity index (χ4v) is 4.27. The molecule has 1 N–H and O–H groups in total. The minimum absolute atomic E-state index is 0.0818. The Hall–Kier alpha value is -0.260. The molecule has 1 amide bonds. The number of nitrogens with one attached hydrogen (secondary N) is 1. The van der Waals surface area contributed by atoms with Gasteiger partial charge in [0.1, 0.15) is 0 Å². The van der Waals surface area contributed by atoms with Gasteiger partial charge in [0.2, 0.25) is 5.91 Å². The van der Waals surface area contributed by atoms with Crippen molar-refractivity contribution in [2.24, 2.45) is 0 Å². The minimum Gasteiger partial charge on any atom is -0.341 e. The van der Waals surface area contributed by atoms with Crippen molar-refractivity contribution < 1.29 is 4.79 Å². The maximum Gasteiger partial charge on any atom is 0.240 e. The van der Waals surface area contributed by atoms with Crippen LogP contribution in [0.5, 0.6) is 0 Å². The van der Waals surface area contributed by atoms with Gasteiger partial charge < -0.3 is 9.80 Å². The lowest BCUT2D eigenvalue weighted by atomic mass is 10.0. The molecule has 1 unspecified atom stereocenters. The molecule has 3 aliphatic rings. The lowest BCUT2D eigenvalue weighted by Crippen LogP contribution is -2.51. The van der Waals surface area contributed by atoms with Crippen LogP contribution in [0, 0.1) is 0 Å². The van der Waals surface area contributed by atoms with Crippen LogP contribution < -0.4 is 5.32 Å². The Morgan fingerprint density at radius 3 is 2.44 bits per heavy atom. The van der Waals surface area contributed by atoms with Gasteiger partial charge in [-0.3, -0.25) is 10.1 Å². The Bertz CT molecular complexity index is 293. The van der Waals surface area contributed by atoms with E-state index < -0.39 is 0 Å². The van der Waals surface area contributed by atoms with E-state index in [1.54, 1.807) is 0 Å². The van der Waals surface area contributed by atoms with Crippen LogP contribution in [0.2, 0.25) is 0 Å². The molecule has 4 nitrogen and oxygen atoms in total. The molecule has 102 valence electrons. The second-order valence-electron chi connectivity index (χ2n) is 5.57. The second kappa shape index (κ2) is 5.80. The molecule has 0 aromatic heterocycles. The number of carbonyl (C=O) groups excluding carboxylic acids is 1. The number of hydrogen-bond acceptors (Lipinski definition) is 4. The summed E-state index contributed by atoms with van der Waals surface area (Å²) in [5.41, 5.74) is 0. The Labute approximate surface area is 113 Å². The summed E-state index contributed by atoms with van der Waals surface area (Å²) in [4.78, 5) is 17.0. The molecule has 3 aliphatic heterocycles. The molecule has 3 fully saturated rings. The monoisotopic (exact) mass is 269 g/mol. The zero-order valence-electron chi connectivity index (χ0n) is 10.9. The first-order chi connectivity index (χ1) is 8.84. The molecule has 0 radical (unpaired) electrons. The molecular weight excluding hydrogens is 246 g/mol. The van der Waals surface area contributed by atoms with E-state index in [9.17, 15) is 4.79 Å². The summed E-state index contributed by atoms with van der Waals surface area (Å²) in [5, 5.41) is 3.28. The maximum absolute atomic E-state index is 12.3. The average Bonchev–Trinajstić information content (AvgIpc) is 3.11. The van der Waals surface area contributed by atoms with E-state index in [4.69, 9.17) is 0 Å². The number of likely N-dealkylation sites (tertiary alicyclic amines) is 2. The molecule has 0 saturated carbocycles. The third-order valence-electron chi connectivity index (χ3n) is 4.45. The maximum atomic E-state index is 12.3. The van der Waals surface area contributed by atoms with Gasteiger partial charge in [-0.15, -0.1) is 11.8 Å². The van der Waals surface area contributed by atoms with Crippen molar-refractivity contribution in [1.82, 2.24) is 15.1 Å². The van der Waals surface area contributed by atoms with Gasteiger partial charge in [0.15, 0.2) is 0 Å². The van der Waals surface area contributed by atoms with E-state index in [1.807, 2.05) is 11.8 Å². The lowest BCUT2D eigenvalue weighted by molar-refractivity contribution is -0.134. The van der Waals surface area contributed by atoms with Crippen molar-refractivity contribution in [3.05, 3.63) is 0 Å². The van der Waals surface area contributed by atoms with Crippen molar-refractivity contribution in [3.63, 3.8) is 0 Å². The van der Waals surface area contributed by atoms with Gasteiger partial charge in [0.05, 0.1) is 6.04 Å². The number of amides is 1. The number of hydrogen-bond donors (Lipinski definition) is 1. The molecule has 1 atom stereocenters. The van der Waals surface area contributed by atoms with Crippen LogP contribution in [0.4, 0.5) is 0 Å². The molecule has 0 aromatic rings. The SMILES string of the molecule is O=C(C1CSCN1)N1CCC(N2CCCC2)CC1. The first kappa shape index (κ1) is 12.8. The normalized spacial score (nSPS) is 31.1. The summed E-state index contributed by atoms with van der Waals surface area (Å²) >= 11 is 1.83. The first-order valence-electron chi connectivity index (χ1n) is 7.18. The van der Waals surface area contributed by atoms with Crippen LogP contribution in [-0.2, 0) is 4.79 Å². The molecule has 18 heavy (non-hydrogen) atoms. The number of piperidine rings is 1. The number of rotatable bonds is 2. The van der Waals surface area contributed by atoms with Crippen molar-refractivity contribution in [3.8, 4) is 0 Å². The lowest BCUT2D eigenvalue weighted by Gasteiger charge is -2.37. The topological polar surface area (TPSA) is 35.6 Å². The summed E-state index contributed by atoms with van der Waals surface area (Å²) < 4.78 is 0. The molecule has 0 aliphatic carbocycles. The van der Waals surface area contributed by atoms with Crippen LogP contribution in [0.25, 0.3) is 0 Å². The third-order valence-corrected chi connectivity index (χ3v) is 5.39. The van der Waals surface area contributed by atoms with Gasteiger partial charge in [0.25, 0.3) is 0 Å². The van der Waals surface area contributed by atoms with Crippen LogP contribution in [0.3, 0.4) is 0 Å². The predicted molar refractivity (Wildman–Crippen MR) is 74.7 cm³/mol. The van der Waals surface area contributed by atoms with Crippen LogP contribution in [0.1, 0.15) is 25.7 Å². The summed E-state index contributed by atoms with van der Waals surface area (Å²) in [7, 11) is 0. The molecule has 3 heterocycles. The fourth-order valence-electron chi connectivity index (χ4n) is 3.33. The van der Waals surface area contributed by atoms with Gasteiger partial charge in [-0.1, -0.05) is 0 Å². The van der Waals surface area contributed by atoms with Crippen molar-refractivity contribution in [2.45, 2.75) is 37.8 Å². The van der Waals surface area contributed by atoms with Gasteiger partial charge in [-0.2, -0.15) is 0 Å². The predicted octanol–water partition coefficient (Wildman–Crippen LogP) is 0.736. The Morgan fingerprint density at radius 2 is 1.83 bits per heavy atom. The van der Waals surface area contributed by atoms with E-state index in [1.165, 1.54) is 38.8 Å². The number of thioether (sulfide) groups is 1. The fraction of sp³-hybridized carbons (Fsp3) is 0.923. The Morgan fingerprint density at radius 1 is 1.11 bits per heavy atom. The van der Waals surface area contributed by atoms with E-state index in [0.29, 0.717) is 5.91 Å². The highest BCUT2D eigenvalue weighted by atomic mass is 32.2. The molecule has 3 saturated heterocycles. The van der Waals surface area contributed by atoms with Gasteiger partial charge in [0, 0.05) is 30.8 Å². The summed E-state index contributed by atoms with van der Waals surface area (Å²) in [6.45, 7) is 4.48. The molecular formula is C13H23N3OS. The largest absolute Gasteiger partial charge is 0.341 e. The molecule has 3 rings (SSSR count). The van der Waals surface area contributed by atoms with Crippen molar-refractivity contribution in [2.75, 3.05) is 37.8 Å². The van der Waals surface area contributed by atoms with Gasteiger partial charge in [-0.25, -0.2) is 0 Å². The quantitative estimate of drug-likeness (QED) is 0.802. The van der Waals surface area contributed by atoms with Crippen LogP contribution in [-0.4, -0.2) is 65.6 Å². The highest BCUT2D eigenvalue weighted by Gasteiger charge is 2.32. The summed E-state index contributed by atoms with van der Waals surface area (Å²) in [6.07, 6.45) is 5.07. The molecule has 5 heteroatoms. The van der Waals surface area contributed by atoms with Crippen molar-refractivity contribution >= 4 is 17.7 Å². The van der Waals surface area contributed by atoms with Crippen LogP contribution >= 0.6 is 11.8 Å². The zero-order valence-corrected chi connectivity index (χ0v) is 11.8. The van der Waals surface area contributed by atoms with Crippen molar-refractivity contribution in [1.29, 1.82) is 0 Å².